The van der Waals surface area contributed by atoms with E-state index in [0.29, 0.717) is 11.4 Å². The summed E-state index contributed by atoms with van der Waals surface area (Å²) in [6.07, 6.45) is 3.07. The molecule has 0 radical (unpaired) electrons. The number of Topliss-reactive ketones (excluding diaryl/α,β-unsaturated/α-hetero) is 1. The van der Waals surface area contributed by atoms with Crippen LogP contribution in [0.2, 0.25) is 0 Å². The normalized spacial score (nSPS) is 11.7. The number of fused-ring (bicyclic) bond motifs is 2. The van der Waals surface area contributed by atoms with E-state index in [9.17, 15) is 9.90 Å². The van der Waals surface area contributed by atoms with Crippen LogP contribution in [0.15, 0.2) is 122 Å². The molecule has 0 aliphatic rings. The first-order chi connectivity index (χ1) is 24.2. The summed E-state index contributed by atoms with van der Waals surface area (Å²) in [5, 5.41) is 20.8. The lowest BCUT2D eigenvalue weighted by Gasteiger charge is -2.08. The van der Waals surface area contributed by atoms with Crippen LogP contribution in [-0.2, 0) is 0 Å². The number of benzene rings is 2. The molecule has 1 atom stereocenters. The molecule has 50 heavy (non-hydrogen) atoms. The van der Waals surface area contributed by atoms with Crippen molar-refractivity contribution in [1.29, 1.82) is 0 Å². The van der Waals surface area contributed by atoms with Crippen LogP contribution in [0.1, 0.15) is 47.5 Å². The largest absolute Gasteiger partial charge is 0.387 e. The Morgan fingerprint density at radius 2 is 1.12 bits per heavy atom. The van der Waals surface area contributed by atoms with Gasteiger partial charge in [-0.15, -0.1) is 0 Å². The predicted molar refractivity (Wildman–Crippen MR) is 194 cm³/mol. The first-order valence-corrected chi connectivity index (χ1v) is 16.2. The molecule has 10 heteroatoms. The van der Waals surface area contributed by atoms with Gasteiger partial charge in [-0.1, -0.05) is 48.5 Å². The highest BCUT2D eigenvalue weighted by atomic mass is 16.3. The Hall–Kier alpha value is -6.39. The Balaban J connectivity index is 0.000000157. The van der Waals surface area contributed by atoms with Crippen molar-refractivity contribution in [3.05, 3.63) is 144 Å². The number of aliphatic hydroxyl groups excluding tert-OH is 1. The summed E-state index contributed by atoms with van der Waals surface area (Å²) < 4.78 is 3.66. The molecule has 0 saturated carbocycles. The number of hydrogen-bond acceptors (Lipinski definition) is 8. The third-order valence-corrected chi connectivity index (χ3v) is 8.22. The first kappa shape index (κ1) is 32.2. The number of aryl methyl sites for hydroxylation is 2. The molecule has 0 aliphatic heterocycles. The van der Waals surface area contributed by atoms with E-state index >= 15 is 0 Å². The topological polar surface area (TPSA) is 124 Å². The van der Waals surface area contributed by atoms with Crippen molar-refractivity contribution in [2.24, 2.45) is 0 Å². The maximum absolute atomic E-state index is 11.6. The van der Waals surface area contributed by atoms with Gasteiger partial charge in [0.2, 0.25) is 0 Å². The zero-order valence-corrected chi connectivity index (χ0v) is 28.1. The van der Waals surface area contributed by atoms with Gasteiger partial charge in [0.15, 0.2) is 17.4 Å². The minimum atomic E-state index is -0.592. The summed E-state index contributed by atoms with van der Waals surface area (Å²) in [4.78, 5) is 29.7. The first-order valence-electron chi connectivity index (χ1n) is 16.2. The van der Waals surface area contributed by atoms with Crippen LogP contribution in [0.4, 0.5) is 0 Å². The molecule has 6 aromatic heterocycles. The van der Waals surface area contributed by atoms with Crippen LogP contribution in [-0.4, -0.2) is 50.4 Å². The van der Waals surface area contributed by atoms with Crippen molar-refractivity contribution < 1.29 is 9.90 Å². The number of ketones is 1. The number of aliphatic hydroxyl groups is 1. The number of nitrogens with zero attached hydrogens (tertiary/aromatic N) is 8. The summed E-state index contributed by atoms with van der Waals surface area (Å²) >= 11 is 0. The van der Waals surface area contributed by atoms with Gasteiger partial charge in [0.1, 0.15) is 5.69 Å². The minimum Gasteiger partial charge on any atom is -0.387 e. The second-order valence-corrected chi connectivity index (χ2v) is 12.0. The third kappa shape index (κ3) is 6.65. The Morgan fingerprint density at radius 3 is 1.62 bits per heavy atom. The fourth-order valence-electron chi connectivity index (χ4n) is 5.65. The maximum atomic E-state index is 11.6. The van der Waals surface area contributed by atoms with Crippen molar-refractivity contribution in [1.82, 2.24) is 39.5 Å². The summed E-state index contributed by atoms with van der Waals surface area (Å²) in [5.74, 6) is 1.52. The number of pyridine rings is 4. The molecule has 0 bridgehead atoms. The molecular formula is C40H34N8O2. The molecular weight excluding hydrogens is 624 g/mol. The highest BCUT2D eigenvalue weighted by molar-refractivity contribution is 5.93. The molecule has 0 saturated heterocycles. The van der Waals surface area contributed by atoms with Gasteiger partial charge in [-0.2, -0.15) is 10.2 Å². The monoisotopic (exact) mass is 658 g/mol. The predicted octanol–water partition coefficient (Wildman–Crippen LogP) is 7.84. The summed E-state index contributed by atoms with van der Waals surface area (Å²) in [5.41, 5.74) is 8.43. The van der Waals surface area contributed by atoms with E-state index in [-0.39, 0.29) is 5.78 Å². The third-order valence-electron chi connectivity index (χ3n) is 8.22. The van der Waals surface area contributed by atoms with Gasteiger partial charge in [0.05, 0.1) is 46.6 Å². The van der Waals surface area contributed by atoms with Crippen LogP contribution in [0, 0.1) is 13.8 Å². The van der Waals surface area contributed by atoms with E-state index < -0.39 is 6.10 Å². The van der Waals surface area contributed by atoms with Gasteiger partial charge in [-0.3, -0.25) is 9.78 Å². The summed E-state index contributed by atoms with van der Waals surface area (Å²) in [6.45, 7) is 7.16. The van der Waals surface area contributed by atoms with Gasteiger partial charge in [-0.05, 0) is 81.4 Å². The van der Waals surface area contributed by atoms with Gasteiger partial charge in [-0.25, -0.2) is 24.3 Å². The van der Waals surface area contributed by atoms with Crippen LogP contribution in [0.25, 0.3) is 56.0 Å². The van der Waals surface area contributed by atoms with Gasteiger partial charge in [0.25, 0.3) is 0 Å². The van der Waals surface area contributed by atoms with Crippen molar-refractivity contribution >= 4 is 27.6 Å². The molecule has 2 aromatic carbocycles. The second-order valence-electron chi connectivity index (χ2n) is 12.0. The molecule has 0 aliphatic carbocycles. The molecule has 246 valence electrons. The Bertz CT molecular complexity index is 2500. The van der Waals surface area contributed by atoms with Crippen LogP contribution < -0.4 is 0 Å². The highest BCUT2D eigenvalue weighted by Crippen LogP contribution is 2.27. The average Bonchev–Trinajstić information content (AvgIpc) is 3.76. The van der Waals surface area contributed by atoms with Crippen LogP contribution in [0.5, 0.6) is 0 Å². The molecule has 8 aromatic rings. The lowest BCUT2D eigenvalue weighted by Crippen LogP contribution is -2.00. The Labute approximate surface area is 288 Å². The maximum Gasteiger partial charge on any atom is 0.178 e. The molecule has 10 nitrogen and oxygen atoms in total. The zero-order chi connectivity index (χ0) is 34.8. The van der Waals surface area contributed by atoms with E-state index in [4.69, 9.17) is 0 Å². The molecule has 1 N–H and O–H groups in total. The second kappa shape index (κ2) is 13.6. The quantitative estimate of drug-likeness (QED) is 0.179. The lowest BCUT2D eigenvalue weighted by molar-refractivity contribution is 0.101. The average molecular weight is 659 g/mol. The van der Waals surface area contributed by atoms with E-state index in [1.165, 1.54) is 6.92 Å². The fraction of sp³-hybridized carbons (Fsp3) is 0.125. The van der Waals surface area contributed by atoms with Crippen molar-refractivity contribution in [3.8, 4) is 34.2 Å². The number of carbonyl (C=O) groups is 1. The number of aromatic nitrogens is 8. The van der Waals surface area contributed by atoms with E-state index in [1.807, 2.05) is 133 Å². The Morgan fingerprint density at radius 1 is 0.620 bits per heavy atom. The molecule has 1 unspecified atom stereocenters. The zero-order valence-electron chi connectivity index (χ0n) is 28.1. The van der Waals surface area contributed by atoms with Crippen molar-refractivity contribution in [2.75, 3.05) is 0 Å². The van der Waals surface area contributed by atoms with Crippen molar-refractivity contribution in [2.45, 2.75) is 33.8 Å². The Kier molecular flexibility index (Phi) is 8.76. The summed E-state index contributed by atoms with van der Waals surface area (Å²) in [7, 11) is 0. The van der Waals surface area contributed by atoms with Crippen molar-refractivity contribution in [3.63, 3.8) is 0 Å². The van der Waals surface area contributed by atoms with Gasteiger partial charge in [0, 0.05) is 40.2 Å². The molecule has 6 heterocycles. The molecule has 0 spiro atoms. The SMILES string of the molecule is CC(=O)c1cccc(-c2ccc3cnn(-c4cccc(C)n4)c3c2)n1.Cc1cccc(-n2ncc3ccc(-c4cccc(C(C)O)n4)cc32)n1. The molecule has 8 rings (SSSR count). The molecule has 0 amide bonds. The smallest absolute Gasteiger partial charge is 0.178 e. The van der Waals surface area contributed by atoms with Crippen LogP contribution in [0.3, 0.4) is 0 Å². The lowest BCUT2D eigenvalue weighted by atomic mass is 10.1. The number of hydrogen-bond donors (Lipinski definition) is 1. The fourth-order valence-corrected chi connectivity index (χ4v) is 5.65. The van der Waals surface area contributed by atoms with E-state index in [2.05, 4.69) is 36.2 Å². The van der Waals surface area contributed by atoms with Gasteiger partial charge < -0.3 is 5.11 Å². The number of rotatable bonds is 6. The van der Waals surface area contributed by atoms with Gasteiger partial charge >= 0.3 is 0 Å². The van der Waals surface area contributed by atoms with E-state index in [1.54, 1.807) is 13.0 Å². The summed E-state index contributed by atoms with van der Waals surface area (Å²) in [6, 6.07) is 35.0. The standard InChI is InChI=1S/C20H18N4O.C20H16N4O/c2*1-13-5-3-8-20(22-13)24-19-11-15(9-10-16(19)12-21-24)18-7-4-6-17(23-18)14(2)25/h3-12,14,25H,1-2H3;3-12H,1-2H3. The molecule has 0 fully saturated rings. The minimum absolute atomic E-state index is 0.0445. The number of carbonyl (C=O) groups excluding carboxylic acids is 1. The highest BCUT2D eigenvalue weighted by Gasteiger charge is 2.12. The van der Waals surface area contributed by atoms with E-state index in [0.717, 1.165) is 67.3 Å². The van der Waals surface area contributed by atoms with Crippen LogP contribution >= 0.6 is 0 Å².